The smallest absolute Gasteiger partial charge is 0.261 e. The van der Waals surface area contributed by atoms with E-state index in [1.165, 1.54) is 0 Å². The molecule has 6 nitrogen and oxygen atoms in total. The van der Waals surface area contributed by atoms with E-state index < -0.39 is 0 Å². The monoisotopic (exact) mass is 372 g/mol. The number of amides is 1. The van der Waals surface area contributed by atoms with Crippen LogP contribution in [0.1, 0.15) is 21.7 Å². The molecule has 0 aliphatic rings. The summed E-state index contributed by atoms with van der Waals surface area (Å²) in [6, 6.07) is 17.4. The highest BCUT2D eigenvalue weighted by Gasteiger charge is 2.16. The second-order valence-electron chi connectivity index (χ2n) is 6.60. The van der Waals surface area contributed by atoms with Crippen molar-refractivity contribution in [2.45, 2.75) is 13.8 Å². The SMILES string of the molecule is COc1ccc(-c2cccc(NC(=O)c3cnn4c(C)cc(C)nc34)c2)cc1. The van der Waals surface area contributed by atoms with E-state index in [1.807, 2.05) is 68.4 Å². The van der Waals surface area contributed by atoms with Crippen LogP contribution in [-0.2, 0) is 0 Å². The molecule has 2 heterocycles. The molecule has 0 saturated carbocycles. The first-order valence-corrected chi connectivity index (χ1v) is 8.93. The third-order valence-corrected chi connectivity index (χ3v) is 4.57. The minimum atomic E-state index is -0.237. The standard InChI is InChI=1S/C22H20N4O2/c1-14-11-15(2)26-21(24-14)20(13-23-26)22(27)25-18-6-4-5-17(12-18)16-7-9-19(28-3)10-8-16/h4-13H,1-3H3,(H,25,27). The molecule has 4 aromatic rings. The molecule has 2 aromatic heterocycles. The van der Waals surface area contributed by atoms with Crippen molar-refractivity contribution in [3.05, 3.63) is 77.7 Å². The topological polar surface area (TPSA) is 68.5 Å². The minimum absolute atomic E-state index is 0.237. The Morgan fingerprint density at radius 3 is 2.57 bits per heavy atom. The zero-order chi connectivity index (χ0) is 19.7. The zero-order valence-corrected chi connectivity index (χ0v) is 15.9. The van der Waals surface area contributed by atoms with Gasteiger partial charge in [-0.2, -0.15) is 5.10 Å². The van der Waals surface area contributed by atoms with Gasteiger partial charge in [-0.3, -0.25) is 4.79 Å². The number of rotatable bonds is 4. The lowest BCUT2D eigenvalue weighted by Gasteiger charge is -2.08. The maximum Gasteiger partial charge on any atom is 0.261 e. The molecule has 0 saturated heterocycles. The molecule has 0 fully saturated rings. The van der Waals surface area contributed by atoms with Gasteiger partial charge in [-0.25, -0.2) is 9.50 Å². The molecule has 0 unspecified atom stereocenters. The molecule has 0 atom stereocenters. The van der Waals surface area contributed by atoms with Gasteiger partial charge in [0.25, 0.3) is 5.91 Å². The Hall–Kier alpha value is -3.67. The van der Waals surface area contributed by atoms with Crippen molar-refractivity contribution in [1.82, 2.24) is 14.6 Å². The van der Waals surface area contributed by atoms with Crippen molar-refractivity contribution in [2.24, 2.45) is 0 Å². The van der Waals surface area contributed by atoms with Crippen LogP contribution in [0.15, 0.2) is 60.8 Å². The van der Waals surface area contributed by atoms with Gasteiger partial charge in [0, 0.05) is 17.1 Å². The first kappa shape index (κ1) is 17.7. The van der Waals surface area contributed by atoms with Gasteiger partial charge in [0.05, 0.1) is 13.3 Å². The molecule has 1 N–H and O–H groups in total. The summed E-state index contributed by atoms with van der Waals surface area (Å²) in [5.74, 6) is 0.568. The fourth-order valence-electron chi connectivity index (χ4n) is 3.19. The number of methoxy groups -OCH3 is 1. The Morgan fingerprint density at radius 2 is 1.82 bits per heavy atom. The molecule has 140 valence electrons. The highest BCUT2D eigenvalue weighted by molar-refractivity contribution is 6.08. The molecule has 4 rings (SSSR count). The number of hydrogen-bond acceptors (Lipinski definition) is 4. The van der Waals surface area contributed by atoms with Crippen LogP contribution in [0.4, 0.5) is 5.69 Å². The lowest BCUT2D eigenvalue weighted by atomic mass is 10.0. The number of benzene rings is 2. The van der Waals surface area contributed by atoms with Gasteiger partial charge >= 0.3 is 0 Å². The number of aromatic nitrogens is 3. The summed E-state index contributed by atoms with van der Waals surface area (Å²) in [6.45, 7) is 3.84. The lowest BCUT2D eigenvalue weighted by molar-refractivity contribution is 0.102. The zero-order valence-electron chi connectivity index (χ0n) is 15.9. The average molecular weight is 372 g/mol. The number of aryl methyl sites for hydroxylation is 2. The van der Waals surface area contributed by atoms with Crippen LogP contribution < -0.4 is 10.1 Å². The molecule has 0 spiro atoms. The number of anilines is 1. The van der Waals surface area contributed by atoms with Gasteiger partial charge in [0.1, 0.15) is 11.3 Å². The molecule has 2 aromatic carbocycles. The maximum absolute atomic E-state index is 12.8. The number of carbonyl (C=O) groups excluding carboxylic acids is 1. The second kappa shape index (κ2) is 7.15. The van der Waals surface area contributed by atoms with Gasteiger partial charge in [0.15, 0.2) is 5.65 Å². The van der Waals surface area contributed by atoms with Gasteiger partial charge in [-0.1, -0.05) is 24.3 Å². The first-order chi connectivity index (χ1) is 13.5. The summed E-state index contributed by atoms with van der Waals surface area (Å²) < 4.78 is 6.88. The van der Waals surface area contributed by atoms with Crippen LogP contribution in [0.3, 0.4) is 0 Å². The van der Waals surface area contributed by atoms with E-state index in [4.69, 9.17) is 4.74 Å². The second-order valence-corrected chi connectivity index (χ2v) is 6.60. The van der Waals surface area contributed by atoms with E-state index in [0.717, 1.165) is 28.3 Å². The summed E-state index contributed by atoms with van der Waals surface area (Å²) in [7, 11) is 1.64. The number of carbonyl (C=O) groups is 1. The molecule has 0 aliphatic heterocycles. The third kappa shape index (κ3) is 3.32. The van der Waals surface area contributed by atoms with E-state index in [2.05, 4.69) is 15.4 Å². The van der Waals surface area contributed by atoms with Crippen molar-refractivity contribution in [1.29, 1.82) is 0 Å². The van der Waals surface area contributed by atoms with Crippen LogP contribution >= 0.6 is 0 Å². The number of nitrogens with zero attached hydrogens (tertiary/aromatic N) is 3. The van der Waals surface area contributed by atoms with Gasteiger partial charge < -0.3 is 10.1 Å². The van der Waals surface area contributed by atoms with Crippen LogP contribution in [-0.4, -0.2) is 27.6 Å². The maximum atomic E-state index is 12.8. The number of nitrogens with one attached hydrogen (secondary N) is 1. The van der Waals surface area contributed by atoms with Crippen molar-refractivity contribution >= 4 is 17.2 Å². The Bertz CT molecular complexity index is 1160. The van der Waals surface area contributed by atoms with Crippen LogP contribution in [0.5, 0.6) is 5.75 Å². The van der Waals surface area contributed by atoms with E-state index >= 15 is 0 Å². The summed E-state index contributed by atoms with van der Waals surface area (Å²) in [6.07, 6.45) is 1.55. The Labute approximate surface area is 162 Å². The predicted molar refractivity (Wildman–Crippen MR) is 109 cm³/mol. The molecule has 28 heavy (non-hydrogen) atoms. The molecular formula is C22H20N4O2. The normalized spacial score (nSPS) is 10.8. The summed E-state index contributed by atoms with van der Waals surface area (Å²) in [5.41, 5.74) is 5.54. The predicted octanol–water partition coefficient (Wildman–Crippen LogP) is 4.27. The fourth-order valence-corrected chi connectivity index (χ4v) is 3.19. The van der Waals surface area contributed by atoms with Gasteiger partial charge in [-0.15, -0.1) is 0 Å². The molecule has 1 amide bonds. The number of hydrogen-bond donors (Lipinski definition) is 1. The van der Waals surface area contributed by atoms with Crippen LogP contribution in [0.2, 0.25) is 0 Å². The summed E-state index contributed by atoms with van der Waals surface area (Å²) in [5, 5.41) is 7.24. The van der Waals surface area contributed by atoms with Gasteiger partial charge in [-0.05, 0) is 55.3 Å². The highest BCUT2D eigenvalue weighted by atomic mass is 16.5. The molecular weight excluding hydrogens is 352 g/mol. The molecule has 0 bridgehead atoms. The summed E-state index contributed by atoms with van der Waals surface area (Å²) >= 11 is 0. The fraction of sp³-hybridized carbons (Fsp3) is 0.136. The van der Waals surface area contributed by atoms with E-state index in [9.17, 15) is 4.79 Å². The van der Waals surface area contributed by atoms with Crippen molar-refractivity contribution in [3.63, 3.8) is 0 Å². The van der Waals surface area contributed by atoms with Gasteiger partial charge in [0.2, 0.25) is 0 Å². The number of ether oxygens (including phenoxy) is 1. The van der Waals surface area contributed by atoms with Crippen molar-refractivity contribution < 1.29 is 9.53 Å². The average Bonchev–Trinajstić information content (AvgIpc) is 3.12. The Kier molecular flexibility index (Phi) is 4.53. The largest absolute Gasteiger partial charge is 0.497 e. The van der Waals surface area contributed by atoms with E-state index in [-0.39, 0.29) is 5.91 Å². The van der Waals surface area contributed by atoms with Crippen molar-refractivity contribution in [3.8, 4) is 16.9 Å². The molecule has 0 radical (unpaired) electrons. The third-order valence-electron chi connectivity index (χ3n) is 4.57. The van der Waals surface area contributed by atoms with Crippen LogP contribution in [0.25, 0.3) is 16.8 Å². The number of fused-ring (bicyclic) bond motifs is 1. The molecule has 6 heteroatoms. The Balaban J connectivity index is 1.62. The minimum Gasteiger partial charge on any atom is -0.497 e. The van der Waals surface area contributed by atoms with Crippen molar-refractivity contribution in [2.75, 3.05) is 12.4 Å². The molecule has 0 aliphatic carbocycles. The quantitative estimate of drug-likeness (QED) is 0.581. The summed E-state index contributed by atoms with van der Waals surface area (Å²) in [4.78, 5) is 17.3. The van der Waals surface area contributed by atoms with Crippen LogP contribution in [0, 0.1) is 13.8 Å². The lowest BCUT2D eigenvalue weighted by Crippen LogP contribution is -2.12. The Morgan fingerprint density at radius 1 is 1.04 bits per heavy atom. The highest BCUT2D eigenvalue weighted by Crippen LogP contribution is 2.25. The van der Waals surface area contributed by atoms with E-state index in [0.29, 0.717) is 16.9 Å². The van der Waals surface area contributed by atoms with E-state index in [1.54, 1.807) is 17.8 Å². The first-order valence-electron chi connectivity index (χ1n) is 8.93.